The smallest absolute Gasteiger partial charge is 0.326 e. The first-order valence-corrected chi connectivity index (χ1v) is 5.62. The molecule has 1 fully saturated rings. The number of amides is 2. The Bertz CT molecular complexity index is 285. The molecule has 0 aromatic rings. The number of urea groups is 1. The molecule has 17 heavy (non-hydrogen) atoms. The Morgan fingerprint density at radius 2 is 2.24 bits per heavy atom. The summed E-state index contributed by atoms with van der Waals surface area (Å²) < 4.78 is 0. The van der Waals surface area contributed by atoms with Crippen LogP contribution < -0.4 is 10.6 Å². The fourth-order valence-corrected chi connectivity index (χ4v) is 1.82. The second kappa shape index (κ2) is 6.41. The summed E-state index contributed by atoms with van der Waals surface area (Å²) in [6, 6.07) is -1.48. The van der Waals surface area contributed by atoms with E-state index in [0.717, 1.165) is 19.5 Å². The van der Waals surface area contributed by atoms with Crippen molar-refractivity contribution in [3.05, 3.63) is 0 Å². The van der Waals surface area contributed by atoms with Gasteiger partial charge in [0.15, 0.2) is 0 Å². The van der Waals surface area contributed by atoms with Gasteiger partial charge in [-0.3, -0.25) is 0 Å². The van der Waals surface area contributed by atoms with E-state index in [4.69, 9.17) is 10.2 Å². The maximum absolute atomic E-state index is 11.5. The summed E-state index contributed by atoms with van der Waals surface area (Å²) in [5, 5.41) is 22.5. The Kier molecular flexibility index (Phi) is 5.17. The number of carboxylic acid groups (broad SMARTS) is 1. The molecule has 0 aliphatic carbocycles. The summed E-state index contributed by atoms with van der Waals surface area (Å²) in [5.41, 5.74) is 0. The molecular weight excluding hydrogens is 226 g/mol. The van der Waals surface area contributed by atoms with Gasteiger partial charge in [0.2, 0.25) is 0 Å². The molecule has 7 heteroatoms. The van der Waals surface area contributed by atoms with Crippen LogP contribution in [0.5, 0.6) is 0 Å². The van der Waals surface area contributed by atoms with Crippen molar-refractivity contribution in [1.82, 2.24) is 15.5 Å². The topological polar surface area (TPSA) is 102 Å². The van der Waals surface area contributed by atoms with E-state index in [9.17, 15) is 9.59 Å². The quantitative estimate of drug-likeness (QED) is 0.488. The second-order valence-corrected chi connectivity index (χ2v) is 4.27. The van der Waals surface area contributed by atoms with Crippen LogP contribution in [0.4, 0.5) is 4.79 Å². The Labute approximate surface area is 99.8 Å². The van der Waals surface area contributed by atoms with Gasteiger partial charge in [0.25, 0.3) is 0 Å². The Balaban J connectivity index is 2.34. The monoisotopic (exact) mass is 245 g/mol. The fourth-order valence-electron chi connectivity index (χ4n) is 1.82. The zero-order chi connectivity index (χ0) is 12.8. The zero-order valence-corrected chi connectivity index (χ0v) is 9.85. The summed E-state index contributed by atoms with van der Waals surface area (Å²) in [7, 11) is 1.96. The SMILES string of the molecule is CN1CCC(NC(=O)N[C@H](CCO)C(=O)O)C1. The van der Waals surface area contributed by atoms with E-state index >= 15 is 0 Å². The molecule has 1 rings (SSSR count). The number of carboxylic acids is 1. The lowest BCUT2D eigenvalue weighted by Gasteiger charge is -2.17. The van der Waals surface area contributed by atoms with Crippen molar-refractivity contribution in [2.75, 3.05) is 26.7 Å². The summed E-state index contributed by atoms with van der Waals surface area (Å²) in [4.78, 5) is 24.4. The molecule has 0 saturated carbocycles. The van der Waals surface area contributed by atoms with Crippen molar-refractivity contribution < 1.29 is 19.8 Å². The van der Waals surface area contributed by atoms with Gasteiger partial charge in [0, 0.05) is 25.6 Å². The Morgan fingerprint density at radius 1 is 1.53 bits per heavy atom. The van der Waals surface area contributed by atoms with Crippen LogP contribution in [0.1, 0.15) is 12.8 Å². The first-order valence-electron chi connectivity index (χ1n) is 5.62. The largest absolute Gasteiger partial charge is 0.480 e. The van der Waals surface area contributed by atoms with Crippen molar-refractivity contribution in [2.24, 2.45) is 0 Å². The Morgan fingerprint density at radius 3 is 2.71 bits per heavy atom. The molecule has 2 atom stereocenters. The number of nitrogens with zero attached hydrogens (tertiary/aromatic N) is 1. The van der Waals surface area contributed by atoms with Gasteiger partial charge in [-0.1, -0.05) is 0 Å². The standard InChI is InChI=1S/C10H19N3O4/c1-13-4-2-7(6-13)11-10(17)12-8(3-5-14)9(15)16/h7-8,14H,2-6H2,1H3,(H,15,16)(H2,11,12,17)/t7?,8-/m1/s1. The minimum Gasteiger partial charge on any atom is -0.480 e. The number of nitrogens with one attached hydrogen (secondary N) is 2. The van der Waals surface area contributed by atoms with Gasteiger partial charge in [-0.05, 0) is 20.0 Å². The lowest BCUT2D eigenvalue weighted by Crippen LogP contribution is -2.49. The first-order chi connectivity index (χ1) is 8.02. The van der Waals surface area contributed by atoms with Crippen LogP contribution in [0.3, 0.4) is 0 Å². The van der Waals surface area contributed by atoms with Crippen molar-refractivity contribution in [1.29, 1.82) is 0 Å². The maximum Gasteiger partial charge on any atom is 0.326 e. The fraction of sp³-hybridized carbons (Fsp3) is 0.800. The lowest BCUT2D eigenvalue weighted by molar-refractivity contribution is -0.139. The molecule has 1 unspecified atom stereocenters. The van der Waals surface area contributed by atoms with Crippen LogP contribution >= 0.6 is 0 Å². The second-order valence-electron chi connectivity index (χ2n) is 4.27. The van der Waals surface area contributed by atoms with E-state index in [1.54, 1.807) is 0 Å². The van der Waals surface area contributed by atoms with Gasteiger partial charge < -0.3 is 25.7 Å². The van der Waals surface area contributed by atoms with Gasteiger partial charge in [0.05, 0.1) is 0 Å². The van der Waals surface area contributed by atoms with Crippen LogP contribution in [-0.2, 0) is 4.79 Å². The third kappa shape index (κ3) is 4.58. The van der Waals surface area contributed by atoms with E-state index in [1.165, 1.54) is 0 Å². The van der Waals surface area contributed by atoms with Crippen molar-refractivity contribution in [2.45, 2.75) is 24.9 Å². The number of likely N-dealkylation sites (tertiary alicyclic amines) is 1. The van der Waals surface area contributed by atoms with E-state index < -0.39 is 18.0 Å². The number of aliphatic carboxylic acids is 1. The van der Waals surface area contributed by atoms with Gasteiger partial charge in [-0.25, -0.2) is 9.59 Å². The predicted octanol–water partition coefficient (Wildman–Crippen LogP) is -1.17. The maximum atomic E-state index is 11.5. The van der Waals surface area contributed by atoms with E-state index in [2.05, 4.69) is 15.5 Å². The lowest BCUT2D eigenvalue weighted by atomic mass is 10.2. The number of carbonyl (C=O) groups is 2. The van der Waals surface area contributed by atoms with Crippen LogP contribution in [0.2, 0.25) is 0 Å². The highest BCUT2D eigenvalue weighted by molar-refractivity contribution is 5.82. The molecule has 0 bridgehead atoms. The Hall–Kier alpha value is -1.34. The summed E-state index contributed by atoms with van der Waals surface area (Å²) >= 11 is 0. The van der Waals surface area contributed by atoms with Gasteiger partial charge in [-0.15, -0.1) is 0 Å². The van der Waals surface area contributed by atoms with E-state index in [0.29, 0.717) is 0 Å². The summed E-state index contributed by atoms with van der Waals surface area (Å²) in [5.74, 6) is -1.14. The molecule has 1 saturated heterocycles. The number of carbonyl (C=O) groups excluding carboxylic acids is 1. The minimum absolute atomic E-state index is 0.00726. The molecule has 4 N–H and O–H groups in total. The van der Waals surface area contributed by atoms with E-state index in [1.807, 2.05) is 7.05 Å². The minimum atomic E-state index is -1.14. The average Bonchev–Trinajstić information content (AvgIpc) is 2.63. The summed E-state index contributed by atoms with van der Waals surface area (Å²) in [6.45, 7) is 1.42. The number of aliphatic hydroxyl groups excluding tert-OH is 1. The van der Waals surface area contributed by atoms with Gasteiger partial charge >= 0.3 is 12.0 Å². The highest BCUT2D eigenvalue weighted by Crippen LogP contribution is 2.05. The van der Waals surface area contributed by atoms with Gasteiger partial charge in [0.1, 0.15) is 6.04 Å². The van der Waals surface area contributed by atoms with Crippen LogP contribution in [0, 0.1) is 0 Å². The van der Waals surface area contributed by atoms with Crippen LogP contribution in [0.25, 0.3) is 0 Å². The molecule has 0 radical (unpaired) electrons. The number of likely N-dealkylation sites (N-methyl/N-ethyl adjacent to an activating group) is 1. The molecule has 2 amide bonds. The zero-order valence-electron chi connectivity index (χ0n) is 9.85. The van der Waals surface area contributed by atoms with E-state index in [-0.39, 0.29) is 19.1 Å². The predicted molar refractivity (Wildman–Crippen MR) is 60.7 cm³/mol. The molecule has 1 aliphatic heterocycles. The highest BCUT2D eigenvalue weighted by Gasteiger charge is 2.24. The molecule has 0 spiro atoms. The normalized spacial score (nSPS) is 22.1. The highest BCUT2D eigenvalue weighted by atomic mass is 16.4. The van der Waals surface area contributed by atoms with Crippen LogP contribution in [-0.4, -0.2) is 65.9 Å². The van der Waals surface area contributed by atoms with Crippen molar-refractivity contribution in [3.8, 4) is 0 Å². The van der Waals surface area contributed by atoms with Crippen molar-refractivity contribution in [3.63, 3.8) is 0 Å². The number of hydrogen-bond donors (Lipinski definition) is 4. The number of rotatable bonds is 5. The number of hydrogen-bond acceptors (Lipinski definition) is 4. The third-order valence-electron chi connectivity index (χ3n) is 2.75. The molecule has 1 aliphatic rings. The molecular formula is C10H19N3O4. The number of aliphatic hydroxyl groups is 1. The molecule has 98 valence electrons. The summed E-state index contributed by atoms with van der Waals surface area (Å²) in [6.07, 6.45) is 0.870. The average molecular weight is 245 g/mol. The van der Waals surface area contributed by atoms with Gasteiger partial charge in [-0.2, -0.15) is 0 Å². The molecule has 7 nitrogen and oxygen atoms in total. The van der Waals surface area contributed by atoms with Crippen LogP contribution in [0.15, 0.2) is 0 Å². The molecule has 0 aromatic heterocycles. The third-order valence-corrected chi connectivity index (χ3v) is 2.75. The molecule has 1 heterocycles. The van der Waals surface area contributed by atoms with Crippen molar-refractivity contribution >= 4 is 12.0 Å². The first kappa shape index (κ1) is 13.7. The molecule has 0 aromatic carbocycles.